The van der Waals surface area contributed by atoms with Crippen LogP contribution in [0.5, 0.6) is 0 Å². The fraction of sp³-hybridized carbons (Fsp3) is 0.300. The molecule has 0 fully saturated rings. The molecule has 1 amide bonds. The zero-order valence-electron chi connectivity index (χ0n) is 15.9. The van der Waals surface area contributed by atoms with Crippen LogP contribution in [0, 0.1) is 13.8 Å². The van der Waals surface area contributed by atoms with E-state index in [-0.39, 0.29) is 11.2 Å². The first-order valence-electron chi connectivity index (χ1n) is 8.88. The molecule has 6 nitrogen and oxygen atoms in total. The molecule has 0 bridgehead atoms. The van der Waals surface area contributed by atoms with Crippen molar-refractivity contribution >= 4 is 23.4 Å². The van der Waals surface area contributed by atoms with Gasteiger partial charge in [0, 0.05) is 30.2 Å². The molecule has 0 radical (unpaired) electrons. The third-order valence-electron chi connectivity index (χ3n) is 4.27. The minimum absolute atomic E-state index is 0.0511. The lowest BCUT2D eigenvalue weighted by atomic mass is 10.1. The van der Waals surface area contributed by atoms with Crippen molar-refractivity contribution in [2.45, 2.75) is 44.6 Å². The van der Waals surface area contributed by atoms with Gasteiger partial charge in [-0.05, 0) is 57.0 Å². The van der Waals surface area contributed by atoms with E-state index in [9.17, 15) is 4.79 Å². The Morgan fingerprint density at radius 2 is 1.93 bits per heavy atom. The monoisotopic (exact) mass is 381 g/mol. The smallest absolute Gasteiger partial charge is 0.237 e. The first-order chi connectivity index (χ1) is 13.0. The van der Waals surface area contributed by atoms with E-state index < -0.39 is 0 Å². The van der Waals surface area contributed by atoms with Gasteiger partial charge in [-0.25, -0.2) is 0 Å². The number of benzene rings is 1. The van der Waals surface area contributed by atoms with Crippen LogP contribution in [0.15, 0.2) is 47.9 Å². The summed E-state index contributed by atoms with van der Waals surface area (Å²) in [6, 6.07) is 9.84. The summed E-state index contributed by atoms with van der Waals surface area (Å²) in [7, 11) is 0. The maximum atomic E-state index is 12.7. The molecule has 3 aromatic rings. The number of hydrogen-bond donors (Lipinski definition) is 1. The molecule has 27 heavy (non-hydrogen) atoms. The quantitative estimate of drug-likeness (QED) is 0.651. The summed E-state index contributed by atoms with van der Waals surface area (Å²) in [5.41, 5.74) is 3.97. The Balaban J connectivity index is 1.76. The summed E-state index contributed by atoms with van der Waals surface area (Å²) in [5.74, 6) is 0.731. The van der Waals surface area contributed by atoms with E-state index in [0.29, 0.717) is 0 Å². The van der Waals surface area contributed by atoms with E-state index >= 15 is 0 Å². The van der Waals surface area contributed by atoms with E-state index in [2.05, 4.69) is 20.5 Å². The molecule has 2 heterocycles. The summed E-state index contributed by atoms with van der Waals surface area (Å²) in [6.45, 7) is 8.64. The molecule has 0 aliphatic rings. The van der Waals surface area contributed by atoms with Crippen molar-refractivity contribution < 1.29 is 4.79 Å². The topological polar surface area (TPSA) is 72.7 Å². The number of carbonyl (C=O) groups excluding carboxylic acids is 1. The molecule has 140 valence electrons. The Hall–Kier alpha value is -2.67. The number of anilines is 1. The second-order valence-corrected chi connectivity index (χ2v) is 7.66. The standard InChI is InChI=1S/C20H23N5OS/c1-5-25-18(16-8-10-21-11-9-16)23-24-20(25)27-15(4)19(26)22-17-12-13(2)6-7-14(17)3/h6-12,15H,5H2,1-4H3,(H,22,26)/t15-/m1/s1. The first kappa shape index (κ1) is 19.1. The Kier molecular flexibility index (Phi) is 5.91. The van der Waals surface area contributed by atoms with Gasteiger partial charge in [-0.15, -0.1) is 10.2 Å². The molecule has 2 aromatic heterocycles. The van der Waals surface area contributed by atoms with E-state index in [1.807, 2.05) is 62.6 Å². The number of aryl methyl sites for hydroxylation is 2. The van der Waals surface area contributed by atoms with Gasteiger partial charge in [0.1, 0.15) is 0 Å². The van der Waals surface area contributed by atoms with E-state index in [1.54, 1.807) is 12.4 Å². The number of nitrogens with zero attached hydrogens (tertiary/aromatic N) is 4. The summed E-state index contributed by atoms with van der Waals surface area (Å²) in [4.78, 5) is 16.7. The number of pyridine rings is 1. The molecule has 0 aliphatic carbocycles. The molecule has 1 atom stereocenters. The fourth-order valence-corrected chi connectivity index (χ4v) is 3.60. The number of hydrogen-bond acceptors (Lipinski definition) is 5. The maximum Gasteiger partial charge on any atom is 0.237 e. The minimum atomic E-state index is -0.301. The number of carbonyl (C=O) groups is 1. The van der Waals surface area contributed by atoms with Crippen molar-refractivity contribution in [2.24, 2.45) is 0 Å². The predicted molar refractivity (Wildman–Crippen MR) is 109 cm³/mol. The molecule has 0 aliphatic heterocycles. The van der Waals surface area contributed by atoms with Crippen molar-refractivity contribution in [3.8, 4) is 11.4 Å². The van der Waals surface area contributed by atoms with Crippen LogP contribution in [0.1, 0.15) is 25.0 Å². The fourth-order valence-electron chi connectivity index (χ4n) is 2.69. The Morgan fingerprint density at radius 1 is 1.19 bits per heavy atom. The summed E-state index contributed by atoms with van der Waals surface area (Å²) >= 11 is 1.41. The average molecular weight is 382 g/mol. The highest BCUT2D eigenvalue weighted by Crippen LogP contribution is 2.27. The molecule has 1 N–H and O–H groups in total. The van der Waals surface area contributed by atoms with Gasteiger partial charge in [-0.2, -0.15) is 0 Å². The van der Waals surface area contributed by atoms with Gasteiger partial charge >= 0.3 is 0 Å². The maximum absolute atomic E-state index is 12.7. The highest BCUT2D eigenvalue weighted by atomic mass is 32.2. The average Bonchev–Trinajstić information content (AvgIpc) is 3.07. The van der Waals surface area contributed by atoms with Gasteiger partial charge in [-0.1, -0.05) is 23.9 Å². The molecule has 3 rings (SSSR count). The summed E-state index contributed by atoms with van der Waals surface area (Å²) in [6.07, 6.45) is 3.47. The number of rotatable bonds is 6. The van der Waals surface area contributed by atoms with Crippen LogP contribution >= 0.6 is 11.8 Å². The molecular formula is C20H23N5OS. The lowest BCUT2D eigenvalue weighted by Crippen LogP contribution is -2.23. The minimum Gasteiger partial charge on any atom is -0.325 e. The molecule has 0 saturated heterocycles. The van der Waals surface area contributed by atoms with Gasteiger partial charge in [0.05, 0.1) is 5.25 Å². The predicted octanol–water partition coefficient (Wildman–Crippen LogP) is 4.10. The molecule has 1 aromatic carbocycles. The van der Waals surface area contributed by atoms with E-state index in [4.69, 9.17) is 0 Å². The number of nitrogens with one attached hydrogen (secondary N) is 1. The van der Waals surface area contributed by atoms with Crippen LogP contribution in [0.2, 0.25) is 0 Å². The summed E-state index contributed by atoms with van der Waals surface area (Å²) in [5, 5.41) is 12.1. The van der Waals surface area contributed by atoms with Gasteiger partial charge in [-0.3, -0.25) is 9.78 Å². The van der Waals surface area contributed by atoms with E-state index in [1.165, 1.54) is 11.8 Å². The molecular weight excluding hydrogens is 358 g/mol. The van der Waals surface area contributed by atoms with Crippen LogP contribution in [0.4, 0.5) is 5.69 Å². The zero-order valence-corrected chi connectivity index (χ0v) is 16.7. The van der Waals surface area contributed by atoms with Crippen LogP contribution in [0.25, 0.3) is 11.4 Å². The van der Waals surface area contributed by atoms with Crippen LogP contribution < -0.4 is 5.32 Å². The third kappa shape index (κ3) is 4.36. The van der Waals surface area contributed by atoms with Crippen molar-refractivity contribution in [3.05, 3.63) is 53.9 Å². The second-order valence-electron chi connectivity index (χ2n) is 6.35. The molecule has 0 unspecified atom stereocenters. The van der Waals surface area contributed by atoms with Crippen LogP contribution in [0.3, 0.4) is 0 Å². The van der Waals surface area contributed by atoms with E-state index in [0.717, 1.165) is 39.9 Å². The molecule has 0 spiro atoms. The van der Waals surface area contributed by atoms with Gasteiger partial charge < -0.3 is 9.88 Å². The first-order valence-corrected chi connectivity index (χ1v) is 9.76. The highest BCUT2D eigenvalue weighted by molar-refractivity contribution is 8.00. The molecule has 7 heteroatoms. The van der Waals surface area contributed by atoms with Crippen molar-refractivity contribution in [3.63, 3.8) is 0 Å². The Bertz CT molecular complexity index is 939. The van der Waals surface area contributed by atoms with Crippen LogP contribution in [-0.2, 0) is 11.3 Å². The van der Waals surface area contributed by atoms with Gasteiger partial charge in [0.2, 0.25) is 5.91 Å². The third-order valence-corrected chi connectivity index (χ3v) is 5.35. The number of aromatic nitrogens is 4. The number of thioether (sulfide) groups is 1. The SMILES string of the molecule is CCn1c(S[C@H](C)C(=O)Nc2cc(C)ccc2C)nnc1-c1ccncc1. The van der Waals surface area contributed by atoms with Gasteiger partial charge in [0.25, 0.3) is 0 Å². The highest BCUT2D eigenvalue weighted by Gasteiger charge is 2.20. The lowest BCUT2D eigenvalue weighted by Gasteiger charge is -2.14. The Labute approximate surface area is 163 Å². The van der Waals surface area contributed by atoms with Crippen molar-refractivity contribution in [1.82, 2.24) is 19.7 Å². The second kappa shape index (κ2) is 8.35. The van der Waals surface area contributed by atoms with Crippen molar-refractivity contribution in [2.75, 3.05) is 5.32 Å². The lowest BCUT2D eigenvalue weighted by molar-refractivity contribution is -0.115. The van der Waals surface area contributed by atoms with Crippen molar-refractivity contribution in [1.29, 1.82) is 0 Å². The Morgan fingerprint density at radius 3 is 2.63 bits per heavy atom. The molecule has 0 saturated carbocycles. The van der Waals surface area contributed by atoms with Crippen LogP contribution in [-0.4, -0.2) is 30.9 Å². The summed E-state index contributed by atoms with van der Waals surface area (Å²) < 4.78 is 2.02. The normalized spacial score (nSPS) is 12.0. The van der Waals surface area contributed by atoms with Gasteiger partial charge in [0.15, 0.2) is 11.0 Å². The largest absolute Gasteiger partial charge is 0.325 e. The number of amides is 1. The zero-order chi connectivity index (χ0) is 19.4.